The molecular weight excluding hydrogens is 454 g/mol. The number of esters is 1. The number of benzene rings is 3. The first-order chi connectivity index (χ1) is 15.9. The summed E-state index contributed by atoms with van der Waals surface area (Å²) < 4.78 is 34.1. The number of nitrogens with one attached hydrogen (secondary N) is 1. The van der Waals surface area contributed by atoms with Gasteiger partial charge in [-0.1, -0.05) is 54.6 Å². The molecule has 3 aromatic rings. The molecule has 1 atom stereocenters. The normalized spacial score (nSPS) is 12.7. The molecule has 0 saturated carbocycles. The molecule has 178 valence electrons. The Morgan fingerprint density at radius 3 is 1.91 bits per heavy atom. The molecule has 0 radical (unpaired) electrons. The van der Waals surface area contributed by atoms with Crippen LogP contribution in [0, 0.1) is 0 Å². The zero-order valence-corrected chi connectivity index (χ0v) is 20.0. The van der Waals surface area contributed by atoms with Crippen molar-refractivity contribution in [2.45, 2.75) is 43.7 Å². The summed E-state index contributed by atoms with van der Waals surface area (Å²) in [6.45, 7) is 5.17. The molecule has 0 fully saturated rings. The largest absolute Gasteiger partial charge is 0.478 e. The maximum Gasteiger partial charge on any atom is 0.335 e. The lowest BCUT2D eigenvalue weighted by molar-refractivity contribution is -0.156. The fourth-order valence-corrected chi connectivity index (χ4v) is 4.47. The minimum atomic E-state index is -4.03. The van der Waals surface area contributed by atoms with Crippen molar-refractivity contribution < 1.29 is 27.9 Å². The molecule has 8 heteroatoms. The summed E-state index contributed by atoms with van der Waals surface area (Å²) in [6.07, 6.45) is 0.142. The molecule has 0 bridgehead atoms. The average Bonchev–Trinajstić information content (AvgIpc) is 2.78. The minimum absolute atomic E-state index is 0.0000245. The van der Waals surface area contributed by atoms with Crippen LogP contribution < -0.4 is 4.72 Å². The Morgan fingerprint density at radius 1 is 0.882 bits per heavy atom. The van der Waals surface area contributed by atoms with E-state index in [4.69, 9.17) is 9.84 Å². The predicted molar refractivity (Wildman–Crippen MR) is 129 cm³/mol. The van der Waals surface area contributed by atoms with Crippen LogP contribution in [0.25, 0.3) is 11.1 Å². The quantitative estimate of drug-likeness (QED) is 0.465. The van der Waals surface area contributed by atoms with Gasteiger partial charge in [-0.2, -0.15) is 4.72 Å². The summed E-state index contributed by atoms with van der Waals surface area (Å²) in [5.74, 6) is -1.68. The van der Waals surface area contributed by atoms with E-state index in [1.54, 1.807) is 45.0 Å². The van der Waals surface area contributed by atoms with E-state index in [9.17, 15) is 18.0 Å². The number of rotatable bonds is 8. The fraction of sp³-hybridized carbons (Fsp3) is 0.231. The molecule has 7 nitrogen and oxygen atoms in total. The topological polar surface area (TPSA) is 110 Å². The zero-order chi connectivity index (χ0) is 24.9. The van der Waals surface area contributed by atoms with E-state index in [1.807, 2.05) is 30.3 Å². The van der Waals surface area contributed by atoms with Crippen LogP contribution in [-0.4, -0.2) is 37.1 Å². The van der Waals surface area contributed by atoms with Crippen molar-refractivity contribution in [2.24, 2.45) is 0 Å². The van der Waals surface area contributed by atoms with Gasteiger partial charge in [-0.15, -0.1) is 0 Å². The van der Waals surface area contributed by atoms with E-state index < -0.39 is 33.6 Å². The van der Waals surface area contributed by atoms with Gasteiger partial charge in [-0.05, 0) is 68.1 Å². The zero-order valence-electron chi connectivity index (χ0n) is 19.2. The maximum absolute atomic E-state index is 13.1. The van der Waals surface area contributed by atoms with Gasteiger partial charge in [0.1, 0.15) is 11.6 Å². The van der Waals surface area contributed by atoms with E-state index >= 15 is 0 Å². The molecule has 0 aliphatic heterocycles. The first-order valence-electron chi connectivity index (χ1n) is 10.7. The van der Waals surface area contributed by atoms with Gasteiger partial charge in [0.25, 0.3) is 0 Å². The van der Waals surface area contributed by atoms with E-state index in [0.717, 1.165) is 16.7 Å². The minimum Gasteiger partial charge on any atom is -0.478 e. The number of ether oxygens (including phenoxy) is 1. The van der Waals surface area contributed by atoms with Crippen LogP contribution in [0.2, 0.25) is 0 Å². The number of sulfonamides is 1. The van der Waals surface area contributed by atoms with Crippen molar-refractivity contribution in [1.82, 2.24) is 4.72 Å². The summed E-state index contributed by atoms with van der Waals surface area (Å²) in [5.41, 5.74) is 1.66. The van der Waals surface area contributed by atoms with Crippen molar-refractivity contribution in [3.05, 3.63) is 90.0 Å². The monoisotopic (exact) mass is 481 g/mol. The number of carboxylic acid groups (broad SMARTS) is 1. The number of hydrogen-bond acceptors (Lipinski definition) is 5. The molecule has 0 amide bonds. The second-order valence-electron chi connectivity index (χ2n) is 8.80. The van der Waals surface area contributed by atoms with Crippen molar-refractivity contribution in [3.8, 4) is 11.1 Å². The molecule has 34 heavy (non-hydrogen) atoms. The van der Waals surface area contributed by atoms with Gasteiger partial charge >= 0.3 is 11.9 Å². The van der Waals surface area contributed by atoms with E-state index in [0.29, 0.717) is 0 Å². The summed E-state index contributed by atoms with van der Waals surface area (Å²) in [4.78, 5) is 23.8. The number of aromatic carboxylic acids is 1. The molecule has 3 rings (SSSR count). The number of hydrogen-bond donors (Lipinski definition) is 2. The van der Waals surface area contributed by atoms with E-state index in [-0.39, 0.29) is 16.9 Å². The van der Waals surface area contributed by atoms with Gasteiger partial charge in [-0.25, -0.2) is 13.2 Å². The highest BCUT2D eigenvalue weighted by Gasteiger charge is 2.30. The lowest BCUT2D eigenvalue weighted by Gasteiger charge is -2.24. The van der Waals surface area contributed by atoms with Gasteiger partial charge in [0.05, 0.1) is 10.5 Å². The molecular formula is C26H27NO6S. The number of carbonyl (C=O) groups is 2. The third kappa shape index (κ3) is 6.76. The van der Waals surface area contributed by atoms with Gasteiger partial charge in [0.15, 0.2) is 0 Å². The van der Waals surface area contributed by atoms with Crippen LogP contribution in [-0.2, 0) is 26.0 Å². The lowest BCUT2D eigenvalue weighted by atomic mass is 10.0. The highest BCUT2D eigenvalue weighted by molar-refractivity contribution is 7.89. The van der Waals surface area contributed by atoms with Crippen LogP contribution in [0.1, 0.15) is 36.7 Å². The van der Waals surface area contributed by atoms with Crippen molar-refractivity contribution >= 4 is 22.0 Å². The molecule has 0 heterocycles. The summed E-state index contributed by atoms with van der Waals surface area (Å²) in [5, 5.41) is 9.03. The summed E-state index contributed by atoms with van der Waals surface area (Å²) in [7, 11) is -4.03. The van der Waals surface area contributed by atoms with Crippen LogP contribution >= 0.6 is 0 Å². The third-order valence-corrected chi connectivity index (χ3v) is 6.39. The predicted octanol–water partition coefficient (Wildman–Crippen LogP) is 4.28. The fourth-order valence-electron chi connectivity index (χ4n) is 3.28. The highest BCUT2D eigenvalue weighted by atomic mass is 32.2. The molecule has 0 spiro atoms. The van der Waals surface area contributed by atoms with Gasteiger partial charge in [0, 0.05) is 0 Å². The number of carbonyl (C=O) groups excluding carboxylic acids is 1. The molecule has 2 N–H and O–H groups in total. The Kier molecular flexibility index (Phi) is 7.54. The van der Waals surface area contributed by atoms with Crippen molar-refractivity contribution in [3.63, 3.8) is 0 Å². The van der Waals surface area contributed by atoms with Gasteiger partial charge < -0.3 is 9.84 Å². The first kappa shape index (κ1) is 25.1. The molecule has 0 aliphatic rings. The Morgan fingerprint density at radius 2 is 1.41 bits per heavy atom. The second-order valence-corrected chi connectivity index (χ2v) is 10.5. The van der Waals surface area contributed by atoms with Gasteiger partial charge in [0.2, 0.25) is 10.0 Å². The van der Waals surface area contributed by atoms with E-state index in [2.05, 4.69) is 4.72 Å². The second kappa shape index (κ2) is 10.2. The Hall–Kier alpha value is -3.49. The molecule has 0 aliphatic carbocycles. The SMILES string of the molecule is CC(C)(C)OC(=O)[C@@H](Cc1ccccc1)NS(=O)(=O)c1ccc(-c2ccc(C(=O)O)cc2)cc1. The molecule has 0 unspecified atom stereocenters. The van der Waals surface area contributed by atoms with Crippen molar-refractivity contribution in [1.29, 1.82) is 0 Å². The lowest BCUT2D eigenvalue weighted by Crippen LogP contribution is -2.45. The maximum atomic E-state index is 13.1. The first-order valence-corrected chi connectivity index (χ1v) is 12.2. The third-order valence-electron chi connectivity index (χ3n) is 4.90. The Bertz CT molecular complexity index is 1250. The smallest absolute Gasteiger partial charge is 0.335 e. The number of carboxylic acids is 1. The van der Waals surface area contributed by atoms with Crippen LogP contribution in [0.3, 0.4) is 0 Å². The van der Waals surface area contributed by atoms with Crippen molar-refractivity contribution in [2.75, 3.05) is 0 Å². The van der Waals surface area contributed by atoms with Crippen LogP contribution in [0.5, 0.6) is 0 Å². The summed E-state index contributed by atoms with van der Waals surface area (Å²) >= 11 is 0. The average molecular weight is 482 g/mol. The van der Waals surface area contributed by atoms with Crippen LogP contribution in [0.4, 0.5) is 0 Å². The molecule has 0 saturated heterocycles. The molecule has 3 aromatic carbocycles. The highest BCUT2D eigenvalue weighted by Crippen LogP contribution is 2.22. The van der Waals surface area contributed by atoms with E-state index in [1.165, 1.54) is 24.3 Å². The molecule has 0 aromatic heterocycles. The summed E-state index contributed by atoms with van der Waals surface area (Å²) in [6, 6.07) is 20.4. The Balaban J connectivity index is 1.82. The van der Waals surface area contributed by atoms with Crippen LogP contribution in [0.15, 0.2) is 83.8 Å². The Labute approximate surface area is 199 Å². The standard InChI is InChI=1S/C26H27NO6S/c1-26(2,3)33-25(30)23(17-18-7-5-4-6-8-18)27-34(31,32)22-15-13-20(14-16-22)19-9-11-21(12-10-19)24(28)29/h4-16,23,27H,17H2,1-3H3,(H,28,29)/t23-/m1/s1. The van der Waals surface area contributed by atoms with Gasteiger partial charge in [-0.3, -0.25) is 4.79 Å².